The standard InChI is InChI=1S/C16H22N2O/c1-13-6-5-11-18(12-13)16(19)15(17)10-9-14-7-3-2-4-8-14/h2-4,6-8,15H,5,9-12,17H2,1H3. The lowest BCUT2D eigenvalue weighted by atomic mass is 10.0. The molecule has 1 unspecified atom stereocenters. The van der Waals surface area contributed by atoms with Crippen molar-refractivity contribution in [2.24, 2.45) is 5.73 Å². The lowest BCUT2D eigenvalue weighted by Crippen LogP contribution is -2.46. The zero-order chi connectivity index (χ0) is 13.7. The molecule has 1 amide bonds. The van der Waals surface area contributed by atoms with Gasteiger partial charge in [-0.1, -0.05) is 42.0 Å². The Morgan fingerprint density at radius 1 is 1.37 bits per heavy atom. The summed E-state index contributed by atoms with van der Waals surface area (Å²) >= 11 is 0. The molecule has 1 atom stereocenters. The fourth-order valence-electron chi connectivity index (χ4n) is 2.42. The van der Waals surface area contributed by atoms with Crippen molar-refractivity contribution in [3.63, 3.8) is 0 Å². The molecule has 0 aliphatic carbocycles. The van der Waals surface area contributed by atoms with E-state index in [2.05, 4.69) is 25.1 Å². The summed E-state index contributed by atoms with van der Waals surface area (Å²) in [5, 5.41) is 0. The Morgan fingerprint density at radius 3 is 2.79 bits per heavy atom. The lowest BCUT2D eigenvalue weighted by Gasteiger charge is -2.28. The minimum atomic E-state index is -0.383. The monoisotopic (exact) mass is 258 g/mol. The van der Waals surface area contributed by atoms with Crippen LogP contribution >= 0.6 is 0 Å². The maximum Gasteiger partial charge on any atom is 0.239 e. The third-order valence-electron chi connectivity index (χ3n) is 3.55. The zero-order valence-electron chi connectivity index (χ0n) is 11.5. The fourth-order valence-corrected chi connectivity index (χ4v) is 2.42. The van der Waals surface area contributed by atoms with Crippen LogP contribution in [-0.2, 0) is 11.2 Å². The van der Waals surface area contributed by atoms with Crippen molar-refractivity contribution >= 4 is 5.91 Å². The van der Waals surface area contributed by atoms with Gasteiger partial charge in [-0.25, -0.2) is 0 Å². The molecule has 1 aromatic rings. The second-order valence-electron chi connectivity index (χ2n) is 5.23. The molecule has 1 aromatic carbocycles. The highest BCUT2D eigenvalue weighted by atomic mass is 16.2. The van der Waals surface area contributed by atoms with Crippen molar-refractivity contribution in [2.75, 3.05) is 13.1 Å². The number of rotatable bonds is 4. The van der Waals surface area contributed by atoms with Gasteiger partial charge in [-0.2, -0.15) is 0 Å². The van der Waals surface area contributed by atoms with Crippen LogP contribution in [-0.4, -0.2) is 29.9 Å². The van der Waals surface area contributed by atoms with Crippen LogP contribution in [0.1, 0.15) is 25.3 Å². The van der Waals surface area contributed by atoms with Crippen LogP contribution in [0.5, 0.6) is 0 Å². The Labute approximate surface area is 115 Å². The molecule has 0 spiro atoms. The van der Waals surface area contributed by atoms with Crippen molar-refractivity contribution < 1.29 is 4.79 Å². The molecular formula is C16H22N2O. The molecule has 0 saturated heterocycles. The predicted molar refractivity (Wildman–Crippen MR) is 77.7 cm³/mol. The van der Waals surface area contributed by atoms with E-state index in [1.807, 2.05) is 23.1 Å². The molecule has 102 valence electrons. The van der Waals surface area contributed by atoms with Gasteiger partial charge in [-0.05, 0) is 31.7 Å². The molecule has 0 saturated carbocycles. The number of amides is 1. The minimum Gasteiger partial charge on any atom is -0.337 e. The maximum absolute atomic E-state index is 12.2. The van der Waals surface area contributed by atoms with E-state index in [1.54, 1.807) is 0 Å². The van der Waals surface area contributed by atoms with E-state index in [0.717, 1.165) is 25.9 Å². The van der Waals surface area contributed by atoms with Gasteiger partial charge in [0.2, 0.25) is 5.91 Å². The molecule has 0 radical (unpaired) electrons. The second kappa shape index (κ2) is 6.53. The zero-order valence-corrected chi connectivity index (χ0v) is 11.5. The molecule has 2 rings (SSSR count). The van der Waals surface area contributed by atoms with Gasteiger partial charge in [0, 0.05) is 13.1 Å². The Balaban J connectivity index is 1.84. The summed E-state index contributed by atoms with van der Waals surface area (Å²) in [5.74, 6) is 0.0865. The smallest absolute Gasteiger partial charge is 0.239 e. The highest BCUT2D eigenvalue weighted by molar-refractivity contribution is 5.82. The van der Waals surface area contributed by atoms with Crippen molar-refractivity contribution in [3.05, 3.63) is 47.5 Å². The van der Waals surface area contributed by atoms with Gasteiger partial charge < -0.3 is 10.6 Å². The summed E-state index contributed by atoms with van der Waals surface area (Å²) in [6.07, 6.45) is 4.71. The van der Waals surface area contributed by atoms with Gasteiger partial charge in [0.25, 0.3) is 0 Å². The molecule has 1 aliphatic heterocycles. The van der Waals surface area contributed by atoms with Gasteiger partial charge in [0.1, 0.15) is 0 Å². The molecule has 0 aromatic heterocycles. The number of nitrogens with zero attached hydrogens (tertiary/aromatic N) is 1. The first-order valence-electron chi connectivity index (χ1n) is 6.91. The third kappa shape index (κ3) is 3.93. The molecular weight excluding hydrogens is 236 g/mol. The van der Waals surface area contributed by atoms with Gasteiger partial charge in [-0.15, -0.1) is 0 Å². The predicted octanol–water partition coefficient (Wildman–Crippen LogP) is 2.13. The number of hydrogen-bond donors (Lipinski definition) is 1. The molecule has 3 nitrogen and oxygen atoms in total. The van der Waals surface area contributed by atoms with Crippen molar-refractivity contribution in [1.82, 2.24) is 4.90 Å². The molecule has 0 bridgehead atoms. The summed E-state index contributed by atoms with van der Waals surface area (Å²) in [7, 11) is 0. The van der Waals surface area contributed by atoms with Crippen LogP contribution in [0.4, 0.5) is 0 Å². The quantitative estimate of drug-likeness (QED) is 0.841. The first kappa shape index (κ1) is 13.8. The maximum atomic E-state index is 12.2. The van der Waals surface area contributed by atoms with E-state index in [4.69, 9.17) is 5.73 Å². The van der Waals surface area contributed by atoms with E-state index in [9.17, 15) is 4.79 Å². The first-order chi connectivity index (χ1) is 9.16. The Bertz CT molecular complexity index is 453. The van der Waals surface area contributed by atoms with Gasteiger partial charge >= 0.3 is 0 Å². The second-order valence-corrected chi connectivity index (χ2v) is 5.23. The Hall–Kier alpha value is -1.61. The van der Waals surface area contributed by atoms with Crippen molar-refractivity contribution in [1.29, 1.82) is 0 Å². The van der Waals surface area contributed by atoms with E-state index < -0.39 is 0 Å². The van der Waals surface area contributed by atoms with Crippen LogP contribution in [0.3, 0.4) is 0 Å². The lowest BCUT2D eigenvalue weighted by molar-refractivity contribution is -0.132. The highest BCUT2D eigenvalue weighted by Gasteiger charge is 2.22. The summed E-state index contributed by atoms with van der Waals surface area (Å²) < 4.78 is 0. The number of nitrogens with two attached hydrogens (primary N) is 1. The Morgan fingerprint density at radius 2 is 2.11 bits per heavy atom. The van der Waals surface area contributed by atoms with Crippen molar-refractivity contribution in [2.45, 2.75) is 32.2 Å². The van der Waals surface area contributed by atoms with Crippen LogP contribution < -0.4 is 5.73 Å². The van der Waals surface area contributed by atoms with Crippen molar-refractivity contribution in [3.8, 4) is 0 Å². The van der Waals surface area contributed by atoms with Gasteiger partial charge in [0.15, 0.2) is 0 Å². The largest absolute Gasteiger partial charge is 0.337 e. The fraction of sp³-hybridized carbons (Fsp3) is 0.438. The molecule has 1 heterocycles. The SMILES string of the molecule is CC1=CCCN(C(=O)C(N)CCc2ccccc2)C1. The van der Waals surface area contributed by atoms with Crippen LogP contribution in [0, 0.1) is 0 Å². The average Bonchev–Trinajstić information content (AvgIpc) is 2.45. The molecule has 3 heteroatoms. The summed E-state index contributed by atoms with van der Waals surface area (Å²) in [6, 6.07) is 9.79. The number of carbonyl (C=O) groups is 1. The van der Waals surface area contributed by atoms with Gasteiger partial charge in [0.05, 0.1) is 6.04 Å². The first-order valence-corrected chi connectivity index (χ1v) is 6.91. The normalized spacial score (nSPS) is 16.9. The number of hydrogen-bond acceptors (Lipinski definition) is 2. The molecule has 0 fully saturated rings. The van der Waals surface area contributed by atoms with E-state index in [0.29, 0.717) is 6.42 Å². The molecule has 1 aliphatic rings. The van der Waals surface area contributed by atoms with E-state index in [1.165, 1.54) is 11.1 Å². The van der Waals surface area contributed by atoms with E-state index >= 15 is 0 Å². The molecule has 2 N–H and O–H groups in total. The number of benzene rings is 1. The minimum absolute atomic E-state index is 0.0865. The average molecular weight is 258 g/mol. The topological polar surface area (TPSA) is 46.3 Å². The van der Waals surface area contributed by atoms with Gasteiger partial charge in [-0.3, -0.25) is 4.79 Å². The van der Waals surface area contributed by atoms with E-state index in [-0.39, 0.29) is 11.9 Å². The summed E-state index contributed by atoms with van der Waals surface area (Å²) in [4.78, 5) is 14.1. The highest BCUT2D eigenvalue weighted by Crippen LogP contribution is 2.12. The summed E-state index contributed by atoms with van der Waals surface area (Å²) in [5.41, 5.74) is 8.53. The Kier molecular flexibility index (Phi) is 4.74. The number of aryl methyl sites for hydroxylation is 1. The van der Waals surface area contributed by atoms with Crippen LogP contribution in [0.2, 0.25) is 0 Å². The molecule has 19 heavy (non-hydrogen) atoms. The van der Waals surface area contributed by atoms with Crippen LogP contribution in [0.25, 0.3) is 0 Å². The van der Waals surface area contributed by atoms with Crippen LogP contribution in [0.15, 0.2) is 42.0 Å². The third-order valence-corrected chi connectivity index (χ3v) is 3.55. The summed E-state index contributed by atoms with van der Waals surface area (Å²) in [6.45, 7) is 3.60. The number of carbonyl (C=O) groups excluding carboxylic acids is 1.